The van der Waals surface area contributed by atoms with Crippen molar-refractivity contribution < 1.29 is 22.6 Å². The van der Waals surface area contributed by atoms with Crippen LogP contribution in [0.2, 0.25) is 5.02 Å². The molecule has 0 saturated heterocycles. The van der Waals surface area contributed by atoms with Gasteiger partial charge in [-0.05, 0) is 67.4 Å². The van der Waals surface area contributed by atoms with Gasteiger partial charge in [0.15, 0.2) is 11.5 Å². The van der Waals surface area contributed by atoms with Gasteiger partial charge in [0.2, 0.25) is 10.0 Å². The molecule has 1 heterocycles. The van der Waals surface area contributed by atoms with Gasteiger partial charge in [0.1, 0.15) is 11.9 Å². The highest BCUT2D eigenvalue weighted by Crippen LogP contribution is 2.38. The summed E-state index contributed by atoms with van der Waals surface area (Å²) in [7, 11) is -0.560. The van der Waals surface area contributed by atoms with E-state index in [9.17, 15) is 8.42 Å². The Labute approximate surface area is 199 Å². The first-order valence-electron chi connectivity index (χ1n) is 10.6. The van der Waals surface area contributed by atoms with E-state index >= 15 is 0 Å². The van der Waals surface area contributed by atoms with Gasteiger partial charge in [-0.2, -0.15) is 4.31 Å². The van der Waals surface area contributed by atoms with Gasteiger partial charge >= 0.3 is 0 Å². The summed E-state index contributed by atoms with van der Waals surface area (Å²) >= 11 is 6.02. The molecule has 3 aromatic carbocycles. The van der Waals surface area contributed by atoms with Gasteiger partial charge in [-0.1, -0.05) is 29.3 Å². The number of fused-ring (bicyclic) bond motifs is 1. The zero-order chi connectivity index (χ0) is 23.6. The maximum atomic E-state index is 13.5. The molecule has 3 aromatic rings. The summed E-state index contributed by atoms with van der Waals surface area (Å²) < 4.78 is 45.8. The molecule has 0 radical (unpaired) electrons. The molecule has 174 valence electrons. The zero-order valence-corrected chi connectivity index (χ0v) is 20.3. The van der Waals surface area contributed by atoms with E-state index in [2.05, 4.69) is 0 Å². The lowest BCUT2D eigenvalue weighted by atomic mass is 10.00. The number of hydrogen-bond donors (Lipinski definition) is 0. The summed E-state index contributed by atoms with van der Waals surface area (Å²) in [5.74, 6) is 1.76. The van der Waals surface area contributed by atoms with Crippen molar-refractivity contribution in [3.05, 3.63) is 82.4 Å². The zero-order valence-electron chi connectivity index (χ0n) is 18.7. The third kappa shape index (κ3) is 4.95. The van der Waals surface area contributed by atoms with E-state index in [1.165, 1.54) is 4.31 Å². The lowest BCUT2D eigenvalue weighted by molar-refractivity contribution is 0.177. The predicted molar refractivity (Wildman–Crippen MR) is 128 cm³/mol. The Balaban J connectivity index is 1.75. The first-order valence-corrected chi connectivity index (χ1v) is 12.4. The fourth-order valence-corrected chi connectivity index (χ4v) is 5.50. The number of ether oxygens (including phenoxy) is 3. The van der Waals surface area contributed by atoms with Gasteiger partial charge < -0.3 is 14.2 Å². The van der Waals surface area contributed by atoms with Crippen LogP contribution in [0.15, 0.2) is 65.6 Å². The molecule has 0 N–H and O–H groups in total. The second-order valence-corrected chi connectivity index (χ2v) is 10.3. The molecule has 0 aromatic heterocycles. The second-order valence-electron chi connectivity index (χ2n) is 7.89. The highest BCUT2D eigenvalue weighted by atomic mass is 35.5. The van der Waals surface area contributed by atoms with Crippen molar-refractivity contribution in [3.8, 4) is 17.2 Å². The van der Waals surface area contributed by atoms with Crippen LogP contribution in [0.1, 0.15) is 22.8 Å². The summed E-state index contributed by atoms with van der Waals surface area (Å²) in [5.41, 5.74) is 2.82. The second kappa shape index (κ2) is 9.63. The Kier molecular flexibility index (Phi) is 6.83. The van der Waals surface area contributed by atoms with Crippen molar-refractivity contribution in [2.45, 2.75) is 24.3 Å². The van der Waals surface area contributed by atoms with E-state index in [0.717, 1.165) is 16.7 Å². The lowest BCUT2D eigenvalue weighted by Crippen LogP contribution is -2.36. The molecular weight excluding hydrogens is 462 g/mol. The van der Waals surface area contributed by atoms with Gasteiger partial charge in [0.25, 0.3) is 0 Å². The molecule has 0 bridgehead atoms. The van der Waals surface area contributed by atoms with Crippen LogP contribution in [-0.2, 0) is 16.4 Å². The Bertz CT molecular complexity index is 1230. The summed E-state index contributed by atoms with van der Waals surface area (Å²) in [5, 5.41) is 0.596. The molecule has 8 heteroatoms. The van der Waals surface area contributed by atoms with E-state index in [0.29, 0.717) is 35.2 Å². The maximum Gasteiger partial charge on any atom is 0.243 e. The lowest BCUT2D eigenvalue weighted by Gasteiger charge is -2.26. The largest absolute Gasteiger partial charge is 0.493 e. The SMILES string of the molecule is COc1cc2c(cc1OC)C(Oc1ccc(Cl)cc1)CN(S(=O)(=O)c1ccc(C)cc1)CC2. The van der Waals surface area contributed by atoms with Crippen LogP contribution in [-0.4, -0.2) is 40.0 Å². The molecule has 0 amide bonds. The average Bonchev–Trinajstić information content (AvgIpc) is 2.99. The van der Waals surface area contributed by atoms with Crippen molar-refractivity contribution in [3.63, 3.8) is 0 Å². The highest BCUT2D eigenvalue weighted by molar-refractivity contribution is 7.89. The molecule has 1 atom stereocenters. The smallest absolute Gasteiger partial charge is 0.243 e. The van der Waals surface area contributed by atoms with Gasteiger partial charge in [0.05, 0.1) is 25.7 Å². The minimum Gasteiger partial charge on any atom is -0.493 e. The molecule has 0 aliphatic carbocycles. The summed E-state index contributed by atoms with van der Waals surface area (Å²) in [6.07, 6.45) is -0.0370. The number of aryl methyl sites for hydroxylation is 1. The maximum absolute atomic E-state index is 13.5. The van der Waals surface area contributed by atoms with Crippen LogP contribution in [0.4, 0.5) is 0 Å². The quantitative estimate of drug-likeness (QED) is 0.487. The van der Waals surface area contributed by atoms with Crippen molar-refractivity contribution in [2.24, 2.45) is 0 Å². The third-order valence-corrected chi connectivity index (χ3v) is 7.87. The fraction of sp³-hybridized carbons (Fsp3) is 0.280. The minimum atomic E-state index is -3.71. The molecular formula is C25H26ClNO5S. The number of hydrogen-bond acceptors (Lipinski definition) is 5. The molecule has 0 saturated carbocycles. The number of sulfonamides is 1. The Morgan fingerprint density at radius 1 is 0.939 bits per heavy atom. The van der Waals surface area contributed by atoms with Gasteiger partial charge in [0, 0.05) is 17.1 Å². The predicted octanol–water partition coefficient (Wildman–Crippen LogP) is 5.03. The molecule has 6 nitrogen and oxygen atoms in total. The summed E-state index contributed by atoms with van der Waals surface area (Å²) in [6, 6.07) is 17.7. The van der Waals surface area contributed by atoms with Crippen LogP contribution in [0, 0.1) is 6.92 Å². The monoisotopic (exact) mass is 487 g/mol. The minimum absolute atomic E-state index is 0.154. The normalized spacial score (nSPS) is 16.5. The van der Waals surface area contributed by atoms with Crippen LogP contribution < -0.4 is 14.2 Å². The van der Waals surface area contributed by atoms with Crippen molar-refractivity contribution in [1.82, 2.24) is 4.31 Å². The number of nitrogens with zero attached hydrogens (tertiary/aromatic N) is 1. The Morgan fingerprint density at radius 2 is 1.58 bits per heavy atom. The van der Waals surface area contributed by atoms with Gasteiger partial charge in [-0.3, -0.25) is 0 Å². The topological polar surface area (TPSA) is 65.1 Å². The number of methoxy groups -OCH3 is 2. The molecule has 0 spiro atoms. The van der Waals surface area contributed by atoms with Crippen LogP contribution in [0.25, 0.3) is 0 Å². The Hall–Kier alpha value is -2.74. The van der Waals surface area contributed by atoms with Gasteiger partial charge in [-0.25, -0.2) is 8.42 Å². The molecule has 0 fully saturated rings. The van der Waals surface area contributed by atoms with Crippen LogP contribution in [0.5, 0.6) is 17.2 Å². The van der Waals surface area contributed by atoms with E-state index in [1.54, 1.807) is 62.8 Å². The van der Waals surface area contributed by atoms with E-state index < -0.39 is 16.1 Å². The number of rotatable bonds is 6. The Morgan fingerprint density at radius 3 is 2.21 bits per heavy atom. The van der Waals surface area contributed by atoms with Crippen LogP contribution >= 0.6 is 11.6 Å². The number of benzene rings is 3. The molecule has 1 aliphatic heterocycles. The van der Waals surface area contributed by atoms with Gasteiger partial charge in [-0.15, -0.1) is 0 Å². The summed E-state index contributed by atoms with van der Waals surface area (Å²) in [6.45, 7) is 2.40. The van der Waals surface area contributed by atoms with Crippen LogP contribution in [0.3, 0.4) is 0 Å². The van der Waals surface area contributed by atoms with Crippen molar-refractivity contribution >= 4 is 21.6 Å². The van der Waals surface area contributed by atoms with Crippen molar-refractivity contribution in [2.75, 3.05) is 27.3 Å². The van der Waals surface area contributed by atoms with Crippen molar-refractivity contribution in [1.29, 1.82) is 0 Å². The molecule has 1 unspecified atom stereocenters. The average molecular weight is 488 g/mol. The highest BCUT2D eigenvalue weighted by Gasteiger charge is 2.33. The van der Waals surface area contributed by atoms with E-state index in [1.807, 2.05) is 19.1 Å². The molecule has 4 rings (SSSR count). The van der Waals surface area contributed by atoms with E-state index in [4.69, 9.17) is 25.8 Å². The number of halogens is 1. The summed E-state index contributed by atoms with van der Waals surface area (Å²) in [4.78, 5) is 0.263. The molecule has 33 heavy (non-hydrogen) atoms. The standard InChI is InChI=1S/C25H26ClNO5S/c1-17-4-10-21(11-5-17)33(28,29)27-13-12-18-14-23(30-2)24(31-3)15-22(18)25(16-27)32-20-8-6-19(26)7-9-20/h4-11,14-15,25H,12-13,16H2,1-3H3. The first-order chi connectivity index (χ1) is 15.8. The molecule has 1 aliphatic rings. The third-order valence-electron chi connectivity index (χ3n) is 5.74. The fourth-order valence-electron chi connectivity index (χ4n) is 3.93. The first kappa shape index (κ1) is 23.4. The van der Waals surface area contributed by atoms with E-state index in [-0.39, 0.29) is 11.4 Å².